The molecule has 0 saturated carbocycles. The molecule has 3 nitrogen and oxygen atoms in total. The topological polar surface area (TPSA) is 21.1 Å². The molecule has 0 N–H and O–H groups in total. The summed E-state index contributed by atoms with van der Waals surface area (Å²) in [6.45, 7) is 11.2. The number of nitrogens with zero attached hydrogens (tertiary/aromatic N) is 3. The Labute approximate surface area is 144 Å². The Morgan fingerprint density at radius 2 is 2.13 bits per heavy atom. The van der Waals surface area contributed by atoms with E-state index >= 15 is 0 Å². The van der Waals surface area contributed by atoms with E-state index in [1.165, 1.54) is 29.7 Å². The Morgan fingerprint density at radius 1 is 1.30 bits per heavy atom. The molecule has 0 aliphatic heterocycles. The van der Waals surface area contributed by atoms with Crippen molar-refractivity contribution in [1.29, 1.82) is 0 Å². The summed E-state index contributed by atoms with van der Waals surface area (Å²) in [7, 11) is 2.18. The average molecular weight is 332 g/mol. The third-order valence-corrected chi connectivity index (χ3v) is 5.09. The molecule has 1 heterocycles. The first-order chi connectivity index (χ1) is 11.2. The van der Waals surface area contributed by atoms with Gasteiger partial charge in [-0.05, 0) is 50.4 Å². The van der Waals surface area contributed by atoms with Crippen LogP contribution in [0.4, 0.5) is 0 Å². The number of aromatic nitrogens is 2. The third kappa shape index (κ3) is 4.85. The Hall–Kier alpha value is -1.26. The van der Waals surface area contributed by atoms with Gasteiger partial charge in [0.2, 0.25) is 0 Å². The highest BCUT2D eigenvalue weighted by Crippen LogP contribution is 2.25. The van der Waals surface area contributed by atoms with Crippen LogP contribution in [0.25, 0.3) is 11.0 Å². The van der Waals surface area contributed by atoms with Crippen LogP contribution in [0.3, 0.4) is 0 Å². The van der Waals surface area contributed by atoms with Gasteiger partial charge in [0.15, 0.2) is 0 Å². The number of unbranched alkanes of at least 4 members (excludes halogenated alkanes) is 1. The summed E-state index contributed by atoms with van der Waals surface area (Å²) in [5.74, 6) is 2.30. The summed E-state index contributed by atoms with van der Waals surface area (Å²) >= 11 is 1.92. The molecule has 4 heteroatoms. The molecule has 0 spiro atoms. The van der Waals surface area contributed by atoms with Gasteiger partial charge in [-0.1, -0.05) is 26.3 Å². The van der Waals surface area contributed by atoms with E-state index in [0.717, 1.165) is 36.7 Å². The van der Waals surface area contributed by atoms with E-state index in [4.69, 9.17) is 4.98 Å². The highest BCUT2D eigenvalue weighted by molar-refractivity contribution is 7.99. The number of hydrogen-bond acceptors (Lipinski definition) is 3. The SMILES string of the molecule is C=CCn1c(CN(C)CCCC)nc2ccc(SCCC)cc21. The molecule has 1 aromatic heterocycles. The number of benzene rings is 1. The van der Waals surface area contributed by atoms with Crippen molar-refractivity contribution >= 4 is 22.8 Å². The van der Waals surface area contributed by atoms with Crippen LogP contribution < -0.4 is 0 Å². The van der Waals surface area contributed by atoms with Crippen molar-refractivity contribution in [3.63, 3.8) is 0 Å². The maximum absolute atomic E-state index is 4.86. The van der Waals surface area contributed by atoms with Crippen molar-refractivity contribution in [2.75, 3.05) is 19.3 Å². The Balaban J connectivity index is 2.28. The minimum atomic E-state index is 0.815. The van der Waals surface area contributed by atoms with E-state index in [0.29, 0.717) is 0 Å². The maximum atomic E-state index is 4.86. The van der Waals surface area contributed by atoms with Crippen molar-refractivity contribution in [1.82, 2.24) is 14.5 Å². The summed E-state index contributed by atoms with van der Waals surface area (Å²) in [6, 6.07) is 6.63. The molecule has 0 aliphatic rings. The van der Waals surface area contributed by atoms with Gasteiger partial charge in [0.1, 0.15) is 5.82 Å². The zero-order valence-electron chi connectivity index (χ0n) is 14.7. The van der Waals surface area contributed by atoms with Crippen LogP contribution in [0.2, 0.25) is 0 Å². The van der Waals surface area contributed by atoms with Gasteiger partial charge in [-0.15, -0.1) is 18.3 Å². The highest BCUT2D eigenvalue weighted by atomic mass is 32.2. The first-order valence-electron chi connectivity index (χ1n) is 8.61. The van der Waals surface area contributed by atoms with Gasteiger partial charge in [-0.3, -0.25) is 4.90 Å². The monoisotopic (exact) mass is 331 g/mol. The highest BCUT2D eigenvalue weighted by Gasteiger charge is 2.12. The van der Waals surface area contributed by atoms with Gasteiger partial charge >= 0.3 is 0 Å². The molecular weight excluding hydrogens is 302 g/mol. The third-order valence-electron chi connectivity index (χ3n) is 3.89. The van der Waals surface area contributed by atoms with E-state index in [-0.39, 0.29) is 0 Å². The first-order valence-corrected chi connectivity index (χ1v) is 9.59. The molecule has 0 aliphatic carbocycles. The normalized spacial score (nSPS) is 11.5. The molecule has 0 radical (unpaired) electrons. The molecule has 1 aromatic carbocycles. The van der Waals surface area contributed by atoms with Crippen molar-refractivity contribution in [2.45, 2.75) is 51.1 Å². The van der Waals surface area contributed by atoms with Crippen LogP contribution in [0.5, 0.6) is 0 Å². The lowest BCUT2D eigenvalue weighted by atomic mass is 10.3. The molecule has 2 rings (SSSR count). The van der Waals surface area contributed by atoms with Gasteiger partial charge in [-0.2, -0.15) is 0 Å². The van der Waals surface area contributed by atoms with Gasteiger partial charge in [0.05, 0.1) is 17.6 Å². The molecule has 2 aromatic rings. The summed E-state index contributed by atoms with van der Waals surface area (Å²) in [6.07, 6.45) is 5.62. The predicted octanol–water partition coefficient (Wildman–Crippen LogP) is 4.96. The zero-order chi connectivity index (χ0) is 16.7. The van der Waals surface area contributed by atoms with E-state index in [1.54, 1.807) is 0 Å². The van der Waals surface area contributed by atoms with E-state index in [9.17, 15) is 0 Å². The number of allylic oxidation sites excluding steroid dienone is 1. The molecule has 0 bridgehead atoms. The fraction of sp³-hybridized carbons (Fsp3) is 0.526. The van der Waals surface area contributed by atoms with Crippen LogP contribution in [0.15, 0.2) is 35.7 Å². The lowest BCUT2D eigenvalue weighted by molar-refractivity contribution is 0.309. The largest absolute Gasteiger partial charge is 0.323 e. The summed E-state index contributed by atoms with van der Waals surface area (Å²) in [4.78, 5) is 8.55. The molecule has 0 amide bonds. The van der Waals surface area contributed by atoms with Crippen LogP contribution in [-0.2, 0) is 13.1 Å². The molecule has 0 fully saturated rings. The van der Waals surface area contributed by atoms with E-state index < -0.39 is 0 Å². The molecule has 126 valence electrons. The average Bonchev–Trinajstić information content (AvgIpc) is 2.88. The van der Waals surface area contributed by atoms with Crippen LogP contribution in [0.1, 0.15) is 38.9 Å². The lowest BCUT2D eigenvalue weighted by Crippen LogP contribution is -2.21. The van der Waals surface area contributed by atoms with Gasteiger partial charge in [0, 0.05) is 11.4 Å². The van der Waals surface area contributed by atoms with Gasteiger partial charge < -0.3 is 4.57 Å². The molecule has 0 saturated heterocycles. The van der Waals surface area contributed by atoms with Crippen LogP contribution in [0, 0.1) is 0 Å². The first kappa shape index (κ1) is 18.1. The number of imidazole rings is 1. The summed E-state index contributed by atoms with van der Waals surface area (Å²) in [5.41, 5.74) is 2.32. The zero-order valence-corrected chi connectivity index (χ0v) is 15.5. The second kappa shape index (κ2) is 9.14. The number of fused-ring (bicyclic) bond motifs is 1. The second-order valence-corrected chi connectivity index (χ2v) is 7.19. The quantitative estimate of drug-likeness (QED) is 0.454. The van der Waals surface area contributed by atoms with E-state index in [2.05, 4.69) is 55.1 Å². The number of thioether (sulfide) groups is 1. The fourth-order valence-corrected chi connectivity index (χ4v) is 3.46. The standard InChI is InChI=1S/C19H29N3S/c1-5-8-12-21(4)15-19-20-17-10-9-16(23-13-7-3)14-18(17)22(19)11-6-2/h6,9-10,14H,2,5,7-8,11-13,15H2,1,3-4H3. The Kier molecular flexibility index (Phi) is 7.18. The Morgan fingerprint density at radius 3 is 2.83 bits per heavy atom. The summed E-state index contributed by atoms with van der Waals surface area (Å²) in [5, 5.41) is 0. The van der Waals surface area contributed by atoms with Crippen LogP contribution in [-0.4, -0.2) is 33.8 Å². The van der Waals surface area contributed by atoms with Crippen molar-refractivity contribution < 1.29 is 0 Å². The summed E-state index contributed by atoms with van der Waals surface area (Å²) < 4.78 is 2.31. The van der Waals surface area contributed by atoms with Crippen molar-refractivity contribution in [3.05, 3.63) is 36.7 Å². The fourth-order valence-electron chi connectivity index (χ4n) is 2.66. The van der Waals surface area contributed by atoms with Crippen molar-refractivity contribution in [2.24, 2.45) is 0 Å². The van der Waals surface area contributed by atoms with Gasteiger partial charge in [-0.25, -0.2) is 4.98 Å². The smallest absolute Gasteiger partial charge is 0.124 e. The number of rotatable bonds is 10. The minimum absolute atomic E-state index is 0.815. The molecule has 23 heavy (non-hydrogen) atoms. The minimum Gasteiger partial charge on any atom is -0.323 e. The van der Waals surface area contributed by atoms with Crippen LogP contribution >= 0.6 is 11.8 Å². The molecule has 0 unspecified atom stereocenters. The molecular formula is C19H29N3S. The van der Waals surface area contributed by atoms with E-state index in [1.807, 2.05) is 17.8 Å². The second-order valence-electron chi connectivity index (χ2n) is 6.02. The van der Waals surface area contributed by atoms with Gasteiger partial charge in [0.25, 0.3) is 0 Å². The number of hydrogen-bond donors (Lipinski definition) is 0. The van der Waals surface area contributed by atoms with Crippen molar-refractivity contribution in [3.8, 4) is 0 Å². The predicted molar refractivity (Wildman–Crippen MR) is 102 cm³/mol. The maximum Gasteiger partial charge on any atom is 0.124 e. The molecule has 0 atom stereocenters. The lowest BCUT2D eigenvalue weighted by Gasteiger charge is -2.16. The Bertz CT molecular complexity index is 633.